The maximum absolute atomic E-state index is 12.3. The minimum atomic E-state index is -3.84. The lowest BCUT2D eigenvalue weighted by Gasteiger charge is -2.19. The summed E-state index contributed by atoms with van der Waals surface area (Å²) < 4.78 is 28.1. The fraction of sp³-hybridized carbons (Fsp3) is 0.214. The van der Waals surface area contributed by atoms with Gasteiger partial charge in [0.15, 0.2) is 0 Å². The lowest BCUT2D eigenvalue weighted by molar-refractivity contribution is -0.118. The Balaban J connectivity index is 1.74. The molecule has 2 heterocycles. The van der Waals surface area contributed by atoms with Crippen LogP contribution in [0.4, 0.5) is 5.69 Å². The number of hydrogen-bond acceptors (Lipinski definition) is 4. The molecule has 110 valence electrons. The van der Waals surface area contributed by atoms with Crippen molar-refractivity contribution in [2.75, 3.05) is 10.8 Å². The highest BCUT2D eigenvalue weighted by Crippen LogP contribution is 2.29. The zero-order chi connectivity index (χ0) is 14.9. The van der Waals surface area contributed by atoms with Gasteiger partial charge in [-0.1, -0.05) is 18.2 Å². The van der Waals surface area contributed by atoms with Crippen molar-refractivity contribution in [1.29, 1.82) is 0 Å². The Morgan fingerprint density at radius 3 is 2.86 bits per heavy atom. The van der Waals surface area contributed by atoms with Crippen molar-refractivity contribution in [1.82, 2.24) is 4.72 Å². The first-order chi connectivity index (χ1) is 10.1. The molecule has 0 spiro atoms. The van der Waals surface area contributed by atoms with E-state index in [9.17, 15) is 13.2 Å². The van der Waals surface area contributed by atoms with Crippen LogP contribution >= 0.6 is 11.3 Å². The van der Waals surface area contributed by atoms with Gasteiger partial charge in [0.25, 0.3) is 0 Å². The molecule has 1 aliphatic heterocycles. The molecule has 1 aromatic heterocycles. The summed E-state index contributed by atoms with van der Waals surface area (Å²) in [6.07, 6.45) is 0.730. The van der Waals surface area contributed by atoms with Crippen LogP contribution in [0.3, 0.4) is 0 Å². The van der Waals surface area contributed by atoms with E-state index in [1.54, 1.807) is 12.1 Å². The van der Waals surface area contributed by atoms with Gasteiger partial charge < -0.3 is 0 Å². The van der Waals surface area contributed by atoms with Crippen LogP contribution in [0.2, 0.25) is 0 Å². The highest BCUT2D eigenvalue weighted by Gasteiger charge is 2.30. The normalized spacial score (nSPS) is 14.0. The molecule has 7 heteroatoms. The molecule has 5 nitrogen and oxygen atoms in total. The first-order valence-corrected chi connectivity index (χ1v) is 8.87. The number of amides is 1. The van der Waals surface area contributed by atoms with Gasteiger partial charge >= 0.3 is 10.2 Å². The molecule has 1 amide bonds. The SMILES string of the molecule is O=C(Cc1ccsc1)NS(=O)(=O)N1CCc2ccccc21. The number of para-hydroxylation sites is 1. The second-order valence-electron chi connectivity index (χ2n) is 4.79. The number of thiophene rings is 1. The topological polar surface area (TPSA) is 66.5 Å². The average molecular weight is 322 g/mol. The molecule has 0 bridgehead atoms. The Morgan fingerprint density at radius 1 is 1.29 bits per heavy atom. The second-order valence-corrected chi connectivity index (χ2v) is 7.16. The number of fused-ring (bicyclic) bond motifs is 1. The Hall–Kier alpha value is -1.86. The van der Waals surface area contributed by atoms with E-state index in [4.69, 9.17) is 0 Å². The smallest absolute Gasteiger partial charge is 0.274 e. The van der Waals surface area contributed by atoms with E-state index in [2.05, 4.69) is 4.72 Å². The summed E-state index contributed by atoms with van der Waals surface area (Å²) in [5.41, 5.74) is 2.44. The minimum Gasteiger partial charge on any atom is -0.274 e. The van der Waals surface area contributed by atoms with E-state index in [-0.39, 0.29) is 6.42 Å². The van der Waals surface area contributed by atoms with E-state index in [0.29, 0.717) is 18.7 Å². The molecule has 1 aliphatic rings. The van der Waals surface area contributed by atoms with Gasteiger partial charge in [-0.3, -0.25) is 9.10 Å². The summed E-state index contributed by atoms with van der Waals surface area (Å²) >= 11 is 1.48. The van der Waals surface area contributed by atoms with Crippen LogP contribution < -0.4 is 9.03 Å². The molecule has 0 unspecified atom stereocenters. The lowest BCUT2D eigenvalue weighted by atomic mass is 10.2. The zero-order valence-corrected chi connectivity index (χ0v) is 12.8. The summed E-state index contributed by atoms with van der Waals surface area (Å²) in [4.78, 5) is 11.9. The summed E-state index contributed by atoms with van der Waals surface area (Å²) in [5, 5.41) is 3.69. The Labute approximate surface area is 127 Å². The summed E-state index contributed by atoms with van der Waals surface area (Å²) in [6.45, 7) is 0.362. The van der Waals surface area contributed by atoms with Crippen molar-refractivity contribution in [2.24, 2.45) is 0 Å². The Morgan fingerprint density at radius 2 is 2.10 bits per heavy atom. The van der Waals surface area contributed by atoms with Crippen molar-refractivity contribution in [3.05, 3.63) is 52.2 Å². The van der Waals surface area contributed by atoms with Crippen LogP contribution in [0, 0.1) is 0 Å². The third-order valence-corrected chi connectivity index (χ3v) is 5.50. The molecule has 0 aliphatic carbocycles. The third kappa shape index (κ3) is 2.93. The molecule has 0 saturated carbocycles. The van der Waals surface area contributed by atoms with Gasteiger partial charge in [0.05, 0.1) is 12.1 Å². The molecule has 2 aromatic rings. The van der Waals surface area contributed by atoms with Crippen molar-refractivity contribution in [2.45, 2.75) is 12.8 Å². The second kappa shape index (κ2) is 5.50. The highest BCUT2D eigenvalue weighted by atomic mass is 32.2. The largest absolute Gasteiger partial charge is 0.326 e. The van der Waals surface area contributed by atoms with Gasteiger partial charge in [-0.05, 0) is 40.4 Å². The zero-order valence-electron chi connectivity index (χ0n) is 11.2. The molecule has 0 atom stereocenters. The number of benzene rings is 1. The van der Waals surface area contributed by atoms with Crippen LogP contribution in [0.15, 0.2) is 41.1 Å². The van der Waals surface area contributed by atoms with Gasteiger partial charge in [-0.25, -0.2) is 4.72 Å². The molecule has 0 radical (unpaired) electrons. The number of nitrogens with zero attached hydrogens (tertiary/aromatic N) is 1. The van der Waals surface area contributed by atoms with Crippen LogP contribution in [-0.4, -0.2) is 20.9 Å². The fourth-order valence-electron chi connectivity index (χ4n) is 2.37. The number of carbonyl (C=O) groups is 1. The van der Waals surface area contributed by atoms with Gasteiger partial charge in [-0.15, -0.1) is 0 Å². The van der Waals surface area contributed by atoms with Gasteiger partial charge in [0.1, 0.15) is 0 Å². The van der Waals surface area contributed by atoms with E-state index >= 15 is 0 Å². The molecular weight excluding hydrogens is 308 g/mol. The van der Waals surface area contributed by atoms with E-state index < -0.39 is 16.1 Å². The summed E-state index contributed by atoms with van der Waals surface area (Å²) in [7, 11) is -3.84. The monoisotopic (exact) mass is 322 g/mol. The van der Waals surface area contributed by atoms with Gasteiger partial charge in [0, 0.05) is 6.54 Å². The molecular formula is C14H14N2O3S2. The maximum atomic E-state index is 12.3. The predicted octanol–water partition coefficient (Wildman–Crippen LogP) is 1.71. The van der Waals surface area contributed by atoms with Crippen molar-refractivity contribution >= 4 is 33.1 Å². The third-order valence-electron chi connectivity index (χ3n) is 3.32. The van der Waals surface area contributed by atoms with E-state index in [0.717, 1.165) is 11.1 Å². The summed E-state index contributed by atoms with van der Waals surface area (Å²) in [5.74, 6) is -0.516. The average Bonchev–Trinajstić information content (AvgIpc) is 3.06. The van der Waals surface area contributed by atoms with Crippen molar-refractivity contribution in [3.63, 3.8) is 0 Å². The quantitative estimate of drug-likeness (QED) is 0.932. The van der Waals surface area contributed by atoms with E-state index in [1.165, 1.54) is 15.6 Å². The molecule has 1 N–H and O–H groups in total. The molecule has 1 aromatic carbocycles. The van der Waals surface area contributed by atoms with Gasteiger partial charge in [-0.2, -0.15) is 19.8 Å². The van der Waals surface area contributed by atoms with Crippen LogP contribution in [0.25, 0.3) is 0 Å². The molecule has 21 heavy (non-hydrogen) atoms. The first-order valence-electron chi connectivity index (χ1n) is 6.48. The number of rotatable bonds is 4. The number of nitrogens with one attached hydrogen (secondary N) is 1. The number of carbonyl (C=O) groups excluding carboxylic acids is 1. The molecule has 3 rings (SSSR count). The van der Waals surface area contributed by atoms with Crippen LogP contribution in [0.5, 0.6) is 0 Å². The summed E-state index contributed by atoms with van der Waals surface area (Å²) in [6, 6.07) is 9.13. The maximum Gasteiger partial charge on any atom is 0.326 e. The fourth-order valence-corrected chi connectivity index (χ4v) is 4.28. The minimum absolute atomic E-state index is 0.0677. The Bertz CT molecular complexity index is 754. The predicted molar refractivity (Wildman–Crippen MR) is 82.6 cm³/mol. The molecule has 0 saturated heterocycles. The van der Waals surface area contributed by atoms with E-state index in [1.807, 2.05) is 29.0 Å². The number of anilines is 1. The highest BCUT2D eigenvalue weighted by molar-refractivity contribution is 7.91. The van der Waals surface area contributed by atoms with Crippen LogP contribution in [0.1, 0.15) is 11.1 Å². The molecule has 0 fully saturated rings. The Kier molecular flexibility index (Phi) is 3.69. The lowest BCUT2D eigenvalue weighted by Crippen LogP contribution is -2.43. The van der Waals surface area contributed by atoms with Crippen LogP contribution in [-0.2, 0) is 27.8 Å². The number of hydrogen-bond donors (Lipinski definition) is 1. The van der Waals surface area contributed by atoms with Crippen molar-refractivity contribution in [3.8, 4) is 0 Å². The first kappa shape index (κ1) is 14.1. The van der Waals surface area contributed by atoms with Crippen molar-refractivity contribution < 1.29 is 13.2 Å². The standard InChI is InChI=1S/C14H14N2O3S2/c17-14(9-11-6-8-20-10-11)15-21(18,19)16-7-5-12-3-1-2-4-13(12)16/h1-4,6,8,10H,5,7,9H2,(H,15,17). The van der Waals surface area contributed by atoms with Gasteiger partial charge in [0.2, 0.25) is 5.91 Å².